The number of rotatable bonds is 6. The van der Waals surface area contributed by atoms with Crippen molar-refractivity contribution in [3.63, 3.8) is 0 Å². The Labute approximate surface area is 164 Å². The Morgan fingerprint density at radius 1 is 1.18 bits per heavy atom. The first-order valence-corrected chi connectivity index (χ1v) is 9.56. The van der Waals surface area contributed by atoms with Gasteiger partial charge in [-0.15, -0.1) is 0 Å². The summed E-state index contributed by atoms with van der Waals surface area (Å²) < 4.78 is 6.80. The summed E-state index contributed by atoms with van der Waals surface area (Å²) in [6.45, 7) is 8.71. The summed E-state index contributed by atoms with van der Waals surface area (Å²) in [5.41, 5.74) is 3.27. The molecule has 3 rings (SSSR count). The molecule has 9 nitrogen and oxygen atoms in total. The van der Waals surface area contributed by atoms with Crippen molar-refractivity contribution < 1.29 is 14.1 Å². The van der Waals surface area contributed by atoms with Gasteiger partial charge in [-0.05, 0) is 32.8 Å². The zero-order valence-electron chi connectivity index (χ0n) is 17.0. The number of anilines is 1. The summed E-state index contributed by atoms with van der Waals surface area (Å²) in [5.74, 6) is 1.11. The Kier molecular flexibility index (Phi) is 6.13. The number of nitrogens with one attached hydrogen (secondary N) is 1. The molecule has 0 aromatic carbocycles. The van der Waals surface area contributed by atoms with E-state index in [1.165, 1.54) is 0 Å². The molecular weight excluding hydrogens is 360 g/mol. The molecule has 0 radical (unpaired) electrons. The van der Waals surface area contributed by atoms with Crippen molar-refractivity contribution in [2.45, 2.75) is 33.6 Å². The third-order valence-corrected chi connectivity index (χ3v) is 5.24. The van der Waals surface area contributed by atoms with Crippen LogP contribution in [0.4, 0.5) is 5.82 Å². The average Bonchev–Trinajstić information content (AvgIpc) is 3.16. The Morgan fingerprint density at radius 2 is 1.89 bits per heavy atom. The van der Waals surface area contributed by atoms with Gasteiger partial charge in [-0.3, -0.25) is 19.2 Å². The van der Waals surface area contributed by atoms with Crippen LogP contribution in [0.25, 0.3) is 0 Å². The molecule has 28 heavy (non-hydrogen) atoms. The van der Waals surface area contributed by atoms with Crippen LogP contribution in [0.2, 0.25) is 0 Å². The minimum absolute atomic E-state index is 0.129. The lowest BCUT2D eigenvalue weighted by atomic mass is 10.1. The van der Waals surface area contributed by atoms with E-state index in [4.69, 9.17) is 4.52 Å². The van der Waals surface area contributed by atoms with Crippen LogP contribution in [0, 0.1) is 20.8 Å². The van der Waals surface area contributed by atoms with Gasteiger partial charge < -0.3 is 14.7 Å². The van der Waals surface area contributed by atoms with Gasteiger partial charge >= 0.3 is 0 Å². The number of hydrogen-bond donors (Lipinski definition) is 1. The van der Waals surface area contributed by atoms with Gasteiger partial charge in [0, 0.05) is 51.4 Å². The minimum atomic E-state index is -0.129. The number of piperazine rings is 1. The van der Waals surface area contributed by atoms with Crippen LogP contribution in [-0.4, -0.2) is 69.3 Å². The van der Waals surface area contributed by atoms with Crippen LogP contribution in [-0.2, 0) is 23.1 Å². The van der Waals surface area contributed by atoms with Crippen molar-refractivity contribution in [1.29, 1.82) is 0 Å². The molecule has 1 aliphatic rings. The molecule has 1 saturated heterocycles. The summed E-state index contributed by atoms with van der Waals surface area (Å²) in [6, 6.07) is 1.68. The zero-order valence-corrected chi connectivity index (χ0v) is 17.0. The summed E-state index contributed by atoms with van der Waals surface area (Å²) in [5, 5.41) is 10.9. The first-order chi connectivity index (χ1) is 13.3. The number of amides is 2. The van der Waals surface area contributed by atoms with Crippen LogP contribution >= 0.6 is 0 Å². The molecule has 0 aliphatic carbocycles. The van der Waals surface area contributed by atoms with Crippen molar-refractivity contribution >= 4 is 17.6 Å². The first kappa shape index (κ1) is 20.1. The topological polar surface area (TPSA) is 96.5 Å². The monoisotopic (exact) mass is 388 g/mol. The quantitative estimate of drug-likeness (QED) is 0.795. The van der Waals surface area contributed by atoms with Gasteiger partial charge in [0.2, 0.25) is 11.8 Å². The van der Waals surface area contributed by atoms with E-state index >= 15 is 0 Å². The molecule has 3 heterocycles. The van der Waals surface area contributed by atoms with Crippen LogP contribution < -0.4 is 5.32 Å². The third-order valence-electron chi connectivity index (χ3n) is 5.24. The van der Waals surface area contributed by atoms with Gasteiger partial charge in [-0.2, -0.15) is 5.10 Å². The lowest BCUT2D eigenvalue weighted by Gasteiger charge is -2.34. The van der Waals surface area contributed by atoms with Crippen LogP contribution in [0.5, 0.6) is 0 Å². The molecule has 152 valence electrons. The Morgan fingerprint density at radius 3 is 2.46 bits per heavy atom. The molecule has 0 bridgehead atoms. The highest BCUT2D eigenvalue weighted by atomic mass is 16.5. The van der Waals surface area contributed by atoms with Gasteiger partial charge in [0.15, 0.2) is 5.82 Å². The van der Waals surface area contributed by atoms with E-state index in [1.54, 1.807) is 13.0 Å². The maximum Gasteiger partial charge on any atom is 0.239 e. The average molecular weight is 388 g/mol. The van der Waals surface area contributed by atoms with E-state index in [0.717, 1.165) is 17.0 Å². The molecule has 1 N–H and O–H groups in total. The molecule has 1 aliphatic heterocycles. The van der Waals surface area contributed by atoms with Crippen molar-refractivity contribution in [3.8, 4) is 0 Å². The number of aryl methyl sites for hydroxylation is 3. The van der Waals surface area contributed by atoms with Crippen molar-refractivity contribution in [2.75, 3.05) is 38.0 Å². The largest absolute Gasteiger partial charge is 0.360 e. The molecular formula is C19H28N6O3. The van der Waals surface area contributed by atoms with Crippen LogP contribution in [0.1, 0.15) is 29.1 Å². The molecule has 2 aromatic rings. The van der Waals surface area contributed by atoms with Crippen LogP contribution in [0.3, 0.4) is 0 Å². The fourth-order valence-electron chi connectivity index (χ4n) is 3.54. The number of carbonyl (C=O) groups excluding carboxylic acids is 2. The second-order valence-electron chi connectivity index (χ2n) is 7.30. The molecule has 9 heteroatoms. The van der Waals surface area contributed by atoms with Gasteiger partial charge in [0.25, 0.3) is 0 Å². The summed E-state index contributed by atoms with van der Waals surface area (Å²) in [7, 11) is 1.92. The Bertz CT molecular complexity index is 848. The molecule has 0 saturated carbocycles. The predicted octanol–water partition coefficient (Wildman–Crippen LogP) is 1.05. The van der Waals surface area contributed by atoms with Gasteiger partial charge in [-0.25, -0.2) is 0 Å². The lowest BCUT2D eigenvalue weighted by molar-refractivity contribution is -0.133. The van der Waals surface area contributed by atoms with E-state index in [1.807, 2.05) is 35.4 Å². The van der Waals surface area contributed by atoms with Crippen LogP contribution in [0.15, 0.2) is 10.6 Å². The maximum atomic E-state index is 12.6. The standard InChI is InChI=1S/C19H28N6O3/c1-13-11-17(22-28-13)20-18(26)12-24-7-9-25(10-8-24)19(27)6-5-16-14(2)21-23(4)15(16)3/h11H,5-10,12H2,1-4H3,(H,20,22,26). The number of aromatic nitrogens is 3. The smallest absolute Gasteiger partial charge is 0.239 e. The number of carbonyl (C=O) groups is 2. The van der Waals surface area contributed by atoms with E-state index in [9.17, 15) is 9.59 Å². The first-order valence-electron chi connectivity index (χ1n) is 9.56. The van der Waals surface area contributed by atoms with Crippen molar-refractivity contribution in [3.05, 3.63) is 28.8 Å². The van der Waals surface area contributed by atoms with Crippen molar-refractivity contribution in [2.24, 2.45) is 7.05 Å². The summed E-state index contributed by atoms with van der Waals surface area (Å²) in [4.78, 5) is 28.6. The zero-order chi connectivity index (χ0) is 20.3. The van der Waals surface area contributed by atoms with E-state index in [0.29, 0.717) is 50.6 Å². The second kappa shape index (κ2) is 8.55. The number of hydrogen-bond acceptors (Lipinski definition) is 6. The second-order valence-corrected chi connectivity index (χ2v) is 7.30. The molecule has 0 spiro atoms. The fourth-order valence-corrected chi connectivity index (χ4v) is 3.54. The molecule has 2 amide bonds. The number of nitrogens with zero attached hydrogens (tertiary/aromatic N) is 5. The normalized spacial score (nSPS) is 15.1. The Hall–Kier alpha value is -2.68. The highest BCUT2D eigenvalue weighted by Gasteiger charge is 2.23. The third kappa shape index (κ3) is 4.78. The fraction of sp³-hybridized carbons (Fsp3) is 0.579. The highest BCUT2D eigenvalue weighted by Crippen LogP contribution is 2.15. The molecule has 2 aromatic heterocycles. The van der Waals surface area contributed by atoms with E-state index < -0.39 is 0 Å². The van der Waals surface area contributed by atoms with Gasteiger partial charge in [0.1, 0.15) is 5.76 Å². The maximum absolute atomic E-state index is 12.6. The minimum Gasteiger partial charge on any atom is -0.360 e. The summed E-state index contributed by atoms with van der Waals surface area (Å²) in [6.07, 6.45) is 1.20. The SMILES string of the molecule is Cc1cc(NC(=O)CN2CCN(C(=O)CCc3c(C)nn(C)c3C)CC2)no1. The lowest BCUT2D eigenvalue weighted by Crippen LogP contribution is -2.50. The van der Waals surface area contributed by atoms with Gasteiger partial charge in [0.05, 0.1) is 12.2 Å². The van der Waals surface area contributed by atoms with Crippen molar-refractivity contribution in [1.82, 2.24) is 24.7 Å². The molecule has 1 fully saturated rings. The predicted molar refractivity (Wildman–Crippen MR) is 104 cm³/mol. The molecule has 0 unspecified atom stereocenters. The highest BCUT2D eigenvalue weighted by molar-refractivity contribution is 5.91. The molecule has 0 atom stereocenters. The summed E-state index contributed by atoms with van der Waals surface area (Å²) >= 11 is 0. The van der Waals surface area contributed by atoms with E-state index in [2.05, 4.69) is 15.6 Å². The Balaban J connectivity index is 1.41. The van der Waals surface area contributed by atoms with E-state index in [-0.39, 0.29) is 18.4 Å². The van der Waals surface area contributed by atoms with Gasteiger partial charge in [-0.1, -0.05) is 5.16 Å².